The molecule has 1 aromatic rings. The van der Waals surface area contributed by atoms with Gasteiger partial charge in [-0.1, -0.05) is 6.07 Å². The Kier molecular flexibility index (Phi) is 3.48. The second kappa shape index (κ2) is 5.12. The first-order valence-corrected chi connectivity index (χ1v) is 7.36. The van der Waals surface area contributed by atoms with Crippen molar-refractivity contribution in [2.24, 2.45) is 11.8 Å². The van der Waals surface area contributed by atoms with E-state index in [1.807, 2.05) is 12.1 Å². The number of anilines is 1. The molecule has 2 nitrogen and oxygen atoms in total. The molecular formula is C16H22FNO. The van der Waals surface area contributed by atoms with Gasteiger partial charge in [-0.2, -0.15) is 0 Å². The van der Waals surface area contributed by atoms with E-state index < -0.39 is 6.10 Å². The molecule has 1 atom stereocenters. The molecule has 2 aliphatic rings. The van der Waals surface area contributed by atoms with Crippen LogP contribution in [-0.4, -0.2) is 18.2 Å². The summed E-state index contributed by atoms with van der Waals surface area (Å²) in [5.41, 5.74) is 1.36. The number of hydrogen-bond acceptors (Lipinski definition) is 2. The Labute approximate surface area is 114 Å². The SMILES string of the molecule is CC(O)c1ccc(N(CC2CC2)CC2CC2)c(F)c1. The summed E-state index contributed by atoms with van der Waals surface area (Å²) in [6.07, 6.45) is 4.54. The maximum atomic E-state index is 14.2. The molecule has 0 spiro atoms. The van der Waals surface area contributed by atoms with Crippen LogP contribution in [0.25, 0.3) is 0 Å². The second-order valence-electron chi connectivity index (χ2n) is 6.18. The summed E-state index contributed by atoms with van der Waals surface area (Å²) < 4.78 is 14.2. The average Bonchev–Trinajstić information content (AvgIpc) is 3.23. The lowest BCUT2D eigenvalue weighted by molar-refractivity contribution is 0.199. The largest absolute Gasteiger partial charge is 0.389 e. The zero-order valence-electron chi connectivity index (χ0n) is 11.5. The summed E-state index contributed by atoms with van der Waals surface area (Å²) in [6, 6.07) is 5.16. The van der Waals surface area contributed by atoms with Crippen LogP contribution in [0.15, 0.2) is 18.2 Å². The summed E-state index contributed by atoms with van der Waals surface area (Å²) in [4.78, 5) is 2.22. The van der Waals surface area contributed by atoms with Gasteiger partial charge < -0.3 is 10.0 Å². The third-order valence-electron chi connectivity index (χ3n) is 4.15. The van der Waals surface area contributed by atoms with E-state index in [2.05, 4.69) is 4.90 Å². The highest BCUT2D eigenvalue weighted by molar-refractivity contribution is 5.50. The van der Waals surface area contributed by atoms with Crippen molar-refractivity contribution in [2.45, 2.75) is 38.7 Å². The Balaban J connectivity index is 1.79. The predicted octanol–water partition coefficient (Wildman–Crippen LogP) is 3.51. The van der Waals surface area contributed by atoms with Gasteiger partial charge in [0.2, 0.25) is 0 Å². The van der Waals surface area contributed by atoms with E-state index in [0.717, 1.165) is 24.9 Å². The van der Waals surface area contributed by atoms with E-state index in [-0.39, 0.29) is 5.82 Å². The van der Waals surface area contributed by atoms with Gasteiger partial charge in [0, 0.05) is 13.1 Å². The summed E-state index contributed by atoms with van der Waals surface area (Å²) in [7, 11) is 0. The van der Waals surface area contributed by atoms with Gasteiger partial charge in [0.25, 0.3) is 0 Å². The van der Waals surface area contributed by atoms with Gasteiger partial charge in [0.05, 0.1) is 11.8 Å². The number of aliphatic hydroxyl groups excluding tert-OH is 1. The van der Waals surface area contributed by atoms with Crippen LogP contribution in [0.3, 0.4) is 0 Å². The van der Waals surface area contributed by atoms with E-state index >= 15 is 0 Å². The van der Waals surface area contributed by atoms with E-state index in [0.29, 0.717) is 11.3 Å². The monoisotopic (exact) mass is 263 g/mol. The summed E-state index contributed by atoms with van der Waals surface area (Å²) in [5, 5.41) is 9.51. The highest BCUT2D eigenvalue weighted by Crippen LogP contribution is 2.36. The van der Waals surface area contributed by atoms with Crippen molar-refractivity contribution in [1.29, 1.82) is 0 Å². The van der Waals surface area contributed by atoms with E-state index in [1.165, 1.54) is 31.7 Å². The standard InChI is InChI=1S/C16H22FNO/c1-11(19)14-6-7-16(15(17)8-14)18(9-12-2-3-12)10-13-4-5-13/h6-8,11-13,19H,2-5,9-10H2,1H3. The number of rotatable bonds is 6. The van der Waals surface area contributed by atoms with Gasteiger partial charge in [-0.05, 0) is 62.1 Å². The molecule has 19 heavy (non-hydrogen) atoms. The van der Waals surface area contributed by atoms with Crippen LogP contribution >= 0.6 is 0 Å². The first-order valence-electron chi connectivity index (χ1n) is 7.36. The van der Waals surface area contributed by atoms with Gasteiger partial charge in [-0.15, -0.1) is 0 Å². The molecule has 2 fully saturated rings. The molecule has 3 rings (SSSR count). The molecule has 0 saturated heterocycles. The lowest BCUT2D eigenvalue weighted by Crippen LogP contribution is -2.29. The van der Waals surface area contributed by atoms with Crippen LogP contribution in [0.4, 0.5) is 10.1 Å². The van der Waals surface area contributed by atoms with Crippen LogP contribution in [-0.2, 0) is 0 Å². The van der Waals surface area contributed by atoms with Crippen molar-refractivity contribution >= 4 is 5.69 Å². The lowest BCUT2D eigenvalue weighted by Gasteiger charge is -2.26. The van der Waals surface area contributed by atoms with Crippen molar-refractivity contribution in [3.8, 4) is 0 Å². The fourth-order valence-corrected chi connectivity index (χ4v) is 2.53. The molecule has 2 saturated carbocycles. The van der Waals surface area contributed by atoms with Crippen molar-refractivity contribution in [3.63, 3.8) is 0 Å². The van der Waals surface area contributed by atoms with Crippen LogP contribution in [0.1, 0.15) is 44.3 Å². The maximum absolute atomic E-state index is 14.2. The summed E-state index contributed by atoms with van der Waals surface area (Å²) in [6.45, 7) is 3.64. The lowest BCUT2D eigenvalue weighted by atomic mass is 10.1. The molecule has 0 aliphatic heterocycles. The van der Waals surface area contributed by atoms with Crippen molar-refractivity contribution in [3.05, 3.63) is 29.6 Å². The first kappa shape index (κ1) is 12.9. The molecule has 0 radical (unpaired) electrons. The normalized spacial score (nSPS) is 20.4. The molecule has 0 amide bonds. The Hall–Kier alpha value is -1.09. The number of hydrogen-bond donors (Lipinski definition) is 1. The highest BCUT2D eigenvalue weighted by atomic mass is 19.1. The first-order chi connectivity index (χ1) is 9.13. The fraction of sp³-hybridized carbons (Fsp3) is 0.625. The Morgan fingerprint density at radius 2 is 1.79 bits per heavy atom. The molecule has 3 heteroatoms. The number of nitrogens with zero attached hydrogens (tertiary/aromatic N) is 1. The third-order valence-corrected chi connectivity index (χ3v) is 4.15. The molecule has 0 bridgehead atoms. The van der Waals surface area contributed by atoms with Gasteiger partial charge >= 0.3 is 0 Å². The topological polar surface area (TPSA) is 23.5 Å². The Morgan fingerprint density at radius 1 is 1.21 bits per heavy atom. The van der Waals surface area contributed by atoms with Gasteiger partial charge in [-0.25, -0.2) is 4.39 Å². The fourth-order valence-electron chi connectivity index (χ4n) is 2.53. The smallest absolute Gasteiger partial charge is 0.146 e. The quantitative estimate of drug-likeness (QED) is 0.849. The molecule has 2 aliphatic carbocycles. The van der Waals surface area contributed by atoms with Crippen molar-refractivity contribution in [2.75, 3.05) is 18.0 Å². The number of aliphatic hydroxyl groups is 1. The minimum atomic E-state index is -0.608. The molecule has 1 aromatic carbocycles. The summed E-state index contributed by atoms with van der Waals surface area (Å²) in [5.74, 6) is 1.32. The van der Waals surface area contributed by atoms with Gasteiger partial charge in [-0.3, -0.25) is 0 Å². The minimum absolute atomic E-state index is 0.195. The van der Waals surface area contributed by atoms with Crippen LogP contribution in [0.2, 0.25) is 0 Å². The minimum Gasteiger partial charge on any atom is -0.389 e. The van der Waals surface area contributed by atoms with Crippen molar-refractivity contribution < 1.29 is 9.50 Å². The molecular weight excluding hydrogens is 241 g/mol. The number of halogens is 1. The molecule has 0 aromatic heterocycles. The second-order valence-corrected chi connectivity index (χ2v) is 6.18. The van der Waals surface area contributed by atoms with Crippen LogP contribution < -0.4 is 4.90 Å². The molecule has 1 N–H and O–H groups in total. The third kappa shape index (κ3) is 3.27. The summed E-state index contributed by atoms with van der Waals surface area (Å²) >= 11 is 0. The molecule has 104 valence electrons. The average molecular weight is 263 g/mol. The Morgan fingerprint density at radius 3 is 2.21 bits per heavy atom. The van der Waals surface area contributed by atoms with Crippen LogP contribution in [0.5, 0.6) is 0 Å². The van der Waals surface area contributed by atoms with E-state index in [9.17, 15) is 9.50 Å². The zero-order chi connectivity index (χ0) is 13.4. The van der Waals surface area contributed by atoms with Crippen molar-refractivity contribution in [1.82, 2.24) is 0 Å². The van der Waals surface area contributed by atoms with Gasteiger partial charge in [0.15, 0.2) is 0 Å². The number of benzene rings is 1. The zero-order valence-corrected chi connectivity index (χ0v) is 11.5. The van der Waals surface area contributed by atoms with E-state index in [4.69, 9.17) is 0 Å². The van der Waals surface area contributed by atoms with E-state index in [1.54, 1.807) is 6.92 Å². The molecule has 0 heterocycles. The highest BCUT2D eigenvalue weighted by Gasteiger charge is 2.30. The predicted molar refractivity (Wildman–Crippen MR) is 74.7 cm³/mol. The Bertz CT molecular complexity index is 438. The van der Waals surface area contributed by atoms with Gasteiger partial charge in [0.1, 0.15) is 5.82 Å². The van der Waals surface area contributed by atoms with Crippen LogP contribution in [0, 0.1) is 17.7 Å². The maximum Gasteiger partial charge on any atom is 0.146 e. The molecule has 1 unspecified atom stereocenters.